The molecular formula is C34H36N4O7S. The lowest BCUT2D eigenvalue weighted by atomic mass is 10.0. The van der Waals surface area contributed by atoms with E-state index in [1.165, 1.54) is 42.2 Å². The minimum absolute atomic E-state index is 0.0263. The van der Waals surface area contributed by atoms with Gasteiger partial charge in [0.2, 0.25) is 11.8 Å². The molecular weight excluding hydrogens is 608 g/mol. The number of aromatic nitrogens is 3. The number of fused-ring (bicyclic) bond motifs is 1. The average molecular weight is 645 g/mol. The van der Waals surface area contributed by atoms with Crippen molar-refractivity contribution < 1.29 is 23.4 Å². The molecule has 6 rings (SSSR count). The number of amides is 1. The van der Waals surface area contributed by atoms with Gasteiger partial charge in [-0.25, -0.2) is 14.3 Å². The fourth-order valence-corrected chi connectivity index (χ4v) is 6.93. The van der Waals surface area contributed by atoms with Crippen LogP contribution in [0.4, 0.5) is 0 Å². The average Bonchev–Trinajstić information content (AvgIpc) is 3.71. The van der Waals surface area contributed by atoms with Gasteiger partial charge in [-0.2, -0.15) is 0 Å². The van der Waals surface area contributed by atoms with Crippen LogP contribution in [0.25, 0.3) is 21.0 Å². The van der Waals surface area contributed by atoms with Crippen LogP contribution in [0.1, 0.15) is 49.5 Å². The zero-order chi connectivity index (χ0) is 32.4. The van der Waals surface area contributed by atoms with E-state index in [1.54, 1.807) is 6.92 Å². The Morgan fingerprint density at radius 2 is 1.83 bits per heavy atom. The van der Waals surface area contributed by atoms with Gasteiger partial charge in [0.15, 0.2) is 0 Å². The molecule has 2 N–H and O–H groups in total. The summed E-state index contributed by atoms with van der Waals surface area (Å²) in [5, 5.41) is 0.283. The van der Waals surface area contributed by atoms with Gasteiger partial charge < -0.3 is 24.4 Å². The van der Waals surface area contributed by atoms with E-state index in [2.05, 4.69) is 4.98 Å². The van der Waals surface area contributed by atoms with Crippen LogP contribution in [0, 0.1) is 6.92 Å². The van der Waals surface area contributed by atoms with Gasteiger partial charge in [-0.3, -0.25) is 14.2 Å². The Labute approximate surface area is 269 Å². The van der Waals surface area contributed by atoms with Gasteiger partial charge in [0.1, 0.15) is 35.1 Å². The number of primary amides is 1. The van der Waals surface area contributed by atoms with E-state index in [0.29, 0.717) is 59.6 Å². The molecule has 0 saturated carbocycles. The monoisotopic (exact) mass is 644 g/mol. The molecule has 11 nitrogen and oxygen atoms in total. The molecule has 5 aromatic rings. The smallest absolute Gasteiger partial charge is 0.333 e. The lowest BCUT2D eigenvalue weighted by Crippen LogP contribution is -2.54. The summed E-state index contributed by atoms with van der Waals surface area (Å²) in [6.45, 7) is 6.20. The third-order valence-corrected chi connectivity index (χ3v) is 9.68. The van der Waals surface area contributed by atoms with Crippen molar-refractivity contribution >= 4 is 27.5 Å². The summed E-state index contributed by atoms with van der Waals surface area (Å²) in [4.78, 5) is 46.4. The van der Waals surface area contributed by atoms with Crippen LogP contribution in [-0.2, 0) is 33.0 Å². The van der Waals surface area contributed by atoms with Gasteiger partial charge >= 0.3 is 5.69 Å². The number of para-hydroxylation sites is 1. The Hall–Kier alpha value is -4.52. The number of hydrogen-bond donors (Lipinski definition) is 1. The number of hydrogen-bond acceptors (Lipinski definition) is 9. The van der Waals surface area contributed by atoms with Crippen molar-refractivity contribution in [2.75, 3.05) is 13.2 Å². The Balaban J connectivity index is 1.52. The quantitative estimate of drug-likeness (QED) is 0.214. The predicted molar refractivity (Wildman–Crippen MR) is 174 cm³/mol. The van der Waals surface area contributed by atoms with E-state index in [9.17, 15) is 14.4 Å². The number of ether oxygens (including phenoxy) is 3. The van der Waals surface area contributed by atoms with Crippen molar-refractivity contribution in [2.24, 2.45) is 5.73 Å². The van der Waals surface area contributed by atoms with Gasteiger partial charge in [0, 0.05) is 18.8 Å². The fourth-order valence-electron chi connectivity index (χ4n) is 5.69. The summed E-state index contributed by atoms with van der Waals surface area (Å²) in [6.07, 6.45) is 3.55. The number of thiophene rings is 1. The minimum Gasteiger partial charge on any atom is -0.489 e. The minimum atomic E-state index is -1.62. The first-order valence-corrected chi connectivity index (χ1v) is 16.0. The topological polar surface area (TPSA) is 141 Å². The number of nitrogens with two attached hydrogens (primary N) is 1. The van der Waals surface area contributed by atoms with Gasteiger partial charge in [0.05, 0.1) is 29.1 Å². The molecule has 240 valence electrons. The molecule has 1 atom stereocenters. The van der Waals surface area contributed by atoms with Gasteiger partial charge in [0.25, 0.3) is 5.56 Å². The maximum atomic E-state index is 14.4. The van der Waals surface area contributed by atoms with Crippen molar-refractivity contribution in [3.05, 3.63) is 105 Å². The molecule has 0 bridgehead atoms. The highest BCUT2D eigenvalue weighted by molar-refractivity contribution is 7.22. The van der Waals surface area contributed by atoms with E-state index in [-0.39, 0.29) is 18.0 Å². The number of aryl methyl sites for hydroxylation is 1. The lowest BCUT2D eigenvalue weighted by molar-refractivity contribution is -0.125. The number of oxazole rings is 1. The summed E-state index contributed by atoms with van der Waals surface area (Å²) in [7, 11) is 0. The maximum absolute atomic E-state index is 14.4. The van der Waals surface area contributed by atoms with Crippen LogP contribution in [0.3, 0.4) is 0 Å². The van der Waals surface area contributed by atoms with Crippen LogP contribution in [0.5, 0.6) is 5.75 Å². The summed E-state index contributed by atoms with van der Waals surface area (Å²) in [6, 6.07) is 17.4. The van der Waals surface area contributed by atoms with Crippen LogP contribution in [0.2, 0.25) is 0 Å². The number of carbonyl (C=O) groups is 1. The van der Waals surface area contributed by atoms with E-state index in [4.69, 9.17) is 24.4 Å². The second-order valence-electron chi connectivity index (χ2n) is 11.8. The summed E-state index contributed by atoms with van der Waals surface area (Å²) >= 11 is 1.23. The molecule has 4 heterocycles. The van der Waals surface area contributed by atoms with Gasteiger partial charge in [-0.1, -0.05) is 48.5 Å². The standard InChI is InChI=1S/C34H36N4O7S/c1-21-27-30(39)38(34(2,3)32(35)40)33(41)37(31(27)46-28(21)29-36-15-18-43-29)19-26(45-23-13-16-42-17-14-23)24-11-7-8-12-25(24)44-20-22-9-5-4-6-10-22/h4-12,15,18,23,26H,13-14,16-17,19-20H2,1-3H3,(H2,35,40)/t26-/m0/s1. The molecule has 0 spiro atoms. The van der Waals surface area contributed by atoms with Crippen LogP contribution < -0.4 is 21.7 Å². The molecule has 1 saturated heterocycles. The molecule has 0 aliphatic carbocycles. The summed E-state index contributed by atoms with van der Waals surface area (Å²) in [5.41, 5.74) is 5.19. The third kappa shape index (κ3) is 6.03. The second-order valence-corrected chi connectivity index (χ2v) is 12.8. The van der Waals surface area contributed by atoms with Crippen molar-refractivity contribution in [1.29, 1.82) is 0 Å². The first-order valence-electron chi connectivity index (χ1n) is 15.1. The zero-order valence-electron chi connectivity index (χ0n) is 25.9. The van der Waals surface area contributed by atoms with Gasteiger partial charge in [-0.05, 0) is 50.8 Å². The SMILES string of the molecule is Cc1c(-c2ncco2)sc2c1c(=O)n(C(C)(C)C(N)=O)c(=O)n2C[C@H](OC1CCOCC1)c1ccccc1OCc1ccccc1. The largest absolute Gasteiger partial charge is 0.489 e. The fraction of sp³-hybridized carbons (Fsp3) is 0.353. The molecule has 1 aliphatic heterocycles. The molecule has 1 fully saturated rings. The van der Waals surface area contributed by atoms with Gasteiger partial charge in [-0.15, -0.1) is 11.3 Å². The van der Waals surface area contributed by atoms with E-state index in [1.807, 2.05) is 54.6 Å². The molecule has 1 aliphatic rings. The van der Waals surface area contributed by atoms with Crippen molar-refractivity contribution in [2.45, 2.75) is 64.5 Å². The summed E-state index contributed by atoms with van der Waals surface area (Å²) in [5.74, 6) is 0.127. The molecule has 2 aromatic carbocycles. The van der Waals surface area contributed by atoms with Crippen LogP contribution in [-0.4, -0.2) is 39.3 Å². The van der Waals surface area contributed by atoms with E-state index in [0.717, 1.165) is 15.7 Å². The van der Waals surface area contributed by atoms with Crippen molar-refractivity contribution in [3.8, 4) is 16.5 Å². The molecule has 12 heteroatoms. The summed E-state index contributed by atoms with van der Waals surface area (Å²) < 4.78 is 26.7. The van der Waals surface area contributed by atoms with Crippen molar-refractivity contribution in [1.82, 2.24) is 14.1 Å². The molecule has 1 amide bonds. The number of rotatable bonds is 11. The highest BCUT2D eigenvalue weighted by atomic mass is 32.1. The van der Waals surface area contributed by atoms with Crippen molar-refractivity contribution in [3.63, 3.8) is 0 Å². The van der Waals surface area contributed by atoms with E-state index >= 15 is 0 Å². The number of carbonyl (C=O) groups excluding carboxylic acids is 1. The Morgan fingerprint density at radius 1 is 1.11 bits per heavy atom. The van der Waals surface area contributed by atoms with E-state index < -0.39 is 28.8 Å². The number of nitrogens with zero attached hydrogens (tertiary/aromatic N) is 3. The number of benzene rings is 2. The maximum Gasteiger partial charge on any atom is 0.333 e. The first-order chi connectivity index (χ1) is 22.2. The zero-order valence-corrected chi connectivity index (χ0v) is 26.7. The molecule has 0 radical (unpaired) electrons. The lowest BCUT2D eigenvalue weighted by Gasteiger charge is -2.30. The Kier molecular flexibility index (Phi) is 8.94. The van der Waals surface area contributed by atoms with Crippen LogP contribution >= 0.6 is 11.3 Å². The third-order valence-electron chi connectivity index (χ3n) is 8.38. The second kappa shape index (κ2) is 13.1. The Morgan fingerprint density at radius 3 is 2.52 bits per heavy atom. The Bertz CT molecular complexity index is 1960. The molecule has 0 unspecified atom stereocenters. The predicted octanol–water partition coefficient (Wildman–Crippen LogP) is 4.92. The highest BCUT2D eigenvalue weighted by Gasteiger charge is 2.35. The first kappa shape index (κ1) is 31.5. The highest BCUT2D eigenvalue weighted by Crippen LogP contribution is 2.38. The molecule has 46 heavy (non-hydrogen) atoms. The van der Waals surface area contributed by atoms with Crippen LogP contribution in [0.15, 0.2) is 81.1 Å². The normalized spacial score (nSPS) is 14.8. The molecule has 3 aromatic heterocycles.